The number of carbonyl (C=O) groups is 1. The van der Waals surface area contributed by atoms with E-state index in [1.807, 2.05) is 24.3 Å². The molecule has 0 aliphatic heterocycles. The van der Waals surface area contributed by atoms with Crippen molar-refractivity contribution >= 4 is 17.6 Å². The van der Waals surface area contributed by atoms with E-state index in [2.05, 4.69) is 27.9 Å². The van der Waals surface area contributed by atoms with Gasteiger partial charge in [0.25, 0.3) is 5.91 Å². The van der Waals surface area contributed by atoms with Crippen LogP contribution in [0.4, 0.5) is 5.69 Å². The second-order valence-electron chi connectivity index (χ2n) is 6.30. The first-order valence-corrected chi connectivity index (χ1v) is 9.69. The summed E-state index contributed by atoms with van der Waals surface area (Å²) in [6.07, 6.45) is 4.67. The van der Waals surface area contributed by atoms with Crippen molar-refractivity contribution in [2.45, 2.75) is 32.7 Å². The van der Waals surface area contributed by atoms with Crippen molar-refractivity contribution in [2.24, 2.45) is 4.99 Å². The molecule has 7 heteroatoms. The van der Waals surface area contributed by atoms with Gasteiger partial charge in [0, 0.05) is 39.0 Å². The maximum Gasteiger partial charge on any atom is 0.291 e. The van der Waals surface area contributed by atoms with Gasteiger partial charge in [-0.1, -0.05) is 25.5 Å². The van der Waals surface area contributed by atoms with Crippen LogP contribution >= 0.6 is 0 Å². The van der Waals surface area contributed by atoms with E-state index in [1.54, 1.807) is 19.2 Å². The molecule has 0 aliphatic rings. The molecule has 7 nitrogen and oxygen atoms in total. The molecule has 1 aromatic carbocycles. The van der Waals surface area contributed by atoms with Crippen LogP contribution in [0.25, 0.3) is 0 Å². The monoisotopic (exact) mass is 386 g/mol. The number of anilines is 1. The first kappa shape index (κ1) is 21.5. The average Bonchev–Trinajstić information content (AvgIpc) is 3.25. The topological polar surface area (TPSA) is 87.9 Å². The van der Waals surface area contributed by atoms with Crippen LogP contribution in [0, 0.1) is 0 Å². The van der Waals surface area contributed by atoms with Crippen molar-refractivity contribution in [3.63, 3.8) is 0 Å². The summed E-state index contributed by atoms with van der Waals surface area (Å²) in [5, 5.41) is 9.37. The molecule has 1 amide bonds. The maximum absolute atomic E-state index is 12.1. The molecule has 0 spiro atoms. The van der Waals surface area contributed by atoms with Crippen molar-refractivity contribution in [3.05, 3.63) is 54.0 Å². The summed E-state index contributed by atoms with van der Waals surface area (Å²) in [5.74, 6) is 0.749. The molecule has 0 radical (unpaired) electrons. The summed E-state index contributed by atoms with van der Waals surface area (Å²) < 4.78 is 10.7. The molecule has 0 bridgehead atoms. The van der Waals surface area contributed by atoms with E-state index in [9.17, 15) is 4.79 Å². The van der Waals surface area contributed by atoms with Gasteiger partial charge in [0.1, 0.15) is 0 Å². The highest BCUT2D eigenvalue weighted by molar-refractivity contribution is 6.02. The van der Waals surface area contributed by atoms with Gasteiger partial charge in [-0.25, -0.2) is 0 Å². The number of hydrogen-bond donors (Lipinski definition) is 3. The van der Waals surface area contributed by atoms with Crippen molar-refractivity contribution in [1.29, 1.82) is 0 Å². The summed E-state index contributed by atoms with van der Waals surface area (Å²) in [4.78, 5) is 16.3. The number of ether oxygens (including phenoxy) is 1. The van der Waals surface area contributed by atoms with Gasteiger partial charge in [0.15, 0.2) is 11.7 Å². The number of amides is 1. The lowest BCUT2D eigenvalue weighted by molar-refractivity contribution is 0.0996. The first-order chi connectivity index (χ1) is 13.7. The molecule has 0 saturated heterocycles. The minimum absolute atomic E-state index is 0.270. The molecule has 1 aromatic heterocycles. The lowest BCUT2D eigenvalue weighted by Gasteiger charge is -2.13. The van der Waals surface area contributed by atoms with Crippen LogP contribution in [0.1, 0.15) is 42.3 Å². The zero-order valence-corrected chi connectivity index (χ0v) is 16.7. The van der Waals surface area contributed by atoms with E-state index < -0.39 is 0 Å². The lowest BCUT2D eigenvalue weighted by atomic mass is 10.2. The highest BCUT2D eigenvalue weighted by Gasteiger charge is 2.08. The van der Waals surface area contributed by atoms with Gasteiger partial charge in [0.2, 0.25) is 0 Å². The summed E-state index contributed by atoms with van der Waals surface area (Å²) >= 11 is 0. The van der Waals surface area contributed by atoms with E-state index >= 15 is 0 Å². The smallest absolute Gasteiger partial charge is 0.291 e. The molecule has 3 N–H and O–H groups in total. The molecule has 2 rings (SSSR count). The Balaban J connectivity index is 1.72. The van der Waals surface area contributed by atoms with Gasteiger partial charge in [-0.05, 0) is 42.7 Å². The number of unbranched alkanes of at least 4 members (excludes halogenated alkanes) is 1. The van der Waals surface area contributed by atoms with Crippen molar-refractivity contribution in [2.75, 3.05) is 32.1 Å². The predicted molar refractivity (Wildman–Crippen MR) is 112 cm³/mol. The molecular weight excluding hydrogens is 356 g/mol. The van der Waals surface area contributed by atoms with Crippen molar-refractivity contribution in [1.82, 2.24) is 10.6 Å². The van der Waals surface area contributed by atoms with Gasteiger partial charge in [-0.3, -0.25) is 9.79 Å². The number of benzene rings is 1. The van der Waals surface area contributed by atoms with E-state index in [0.717, 1.165) is 50.5 Å². The number of furan rings is 1. The van der Waals surface area contributed by atoms with Crippen LogP contribution in [0.15, 0.2) is 52.1 Å². The van der Waals surface area contributed by atoms with Crippen molar-refractivity contribution < 1.29 is 13.9 Å². The minimum atomic E-state index is -0.270. The van der Waals surface area contributed by atoms with Crippen LogP contribution in [-0.4, -0.2) is 38.7 Å². The second-order valence-corrected chi connectivity index (χ2v) is 6.30. The number of nitrogens with zero attached hydrogens (tertiary/aromatic N) is 1. The molecular formula is C21H30N4O3. The predicted octanol–water partition coefficient (Wildman–Crippen LogP) is 3.40. The lowest BCUT2D eigenvalue weighted by Crippen LogP contribution is -2.37. The van der Waals surface area contributed by atoms with E-state index in [4.69, 9.17) is 9.15 Å². The molecule has 1 heterocycles. The Bertz CT molecular complexity index is 729. The second kappa shape index (κ2) is 12.6. The quantitative estimate of drug-likeness (QED) is 0.313. The van der Waals surface area contributed by atoms with Gasteiger partial charge in [-0.2, -0.15) is 0 Å². The third-order valence-corrected chi connectivity index (χ3v) is 4.01. The third-order valence-electron chi connectivity index (χ3n) is 4.01. The Labute approximate surface area is 166 Å². The normalized spacial score (nSPS) is 11.3. The average molecular weight is 386 g/mol. The summed E-state index contributed by atoms with van der Waals surface area (Å²) in [6, 6.07) is 11.0. The number of rotatable bonds is 11. The van der Waals surface area contributed by atoms with E-state index in [0.29, 0.717) is 12.2 Å². The Hall–Kier alpha value is -2.80. The molecule has 28 heavy (non-hydrogen) atoms. The maximum atomic E-state index is 12.1. The van der Waals surface area contributed by atoms with Crippen LogP contribution in [0.3, 0.4) is 0 Å². The van der Waals surface area contributed by atoms with Gasteiger partial charge in [0.05, 0.1) is 6.26 Å². The standard InChI is InChI=1S/C21H30N4O3/c1-3-4-12-27-13-7-11-23-21(22-2)24-16-17-8-5-9-18(15-17)25-20(26)19-10-6-14-28-19/h5-6,8-10,14-15H,3-4,7,11-13,16H2,1-2H3,(H,25,26)(H2,22,23,24). The van der Waals surface area contributed by atoms with Crippen LogP contribution < -0.4 is 16.0 Å². The fraction of sp³-hybridized carbons (Fsp3) is 0.429. The molecule has 0 atom stereocenters. The Morgan fingerprint density at radius 3 is 2.75 bits per heavy atom. The largest absolute Gasteiger partial charge is 0.459 e. The summed E-state index contributed by atoms with van der Waals surface area (Å²) in [5.41, 5.74) is 1.75. The van der Waals surface area contributed by atoms with Gasteiger partial charge in [-0.15, -0.1) is 0 Å². The van der Waals surface area contributed by atoms with Crippen LogP contribution in [0.2, 0.25) is 0 Å². The Kier molecular flexibility index (Phi) is 9.65. The van der Waals surface area contributed by atoms with Gasteiger partial charge >= 0.3 is 0 Å². The fourth-order valence-electron chi connectivity index (χ4n) is 2.50. The van der Waals surface area contributed by atoms with Gasteiger partial charge < -0.3 is 25.1 Å². The molecule has 0 aliphatic carbocycles. The van der Waals surface area contributed by atoms with Crippen LogP contribution in [-0.2, 0) is 11.3 Å². The number of hydrogen-bond acceptors (Lipinski definition) is 4. The third kappa shape index (κ3) is 7.84. The molecule has 0 fully saturated rings. The number of carbonyl (C=O) groups excluding carboxylic acids is 1. The number of nitrogens with one attached hydrogen (secondary N) is 3. The van der Waals surface area contributed by atoms with Crippen molar-refractivity contribution in [3.8, 4) is 0 Å². The zero-order chi connectivity index (χ0) is 20.0. The SMILES string of the molecule is CCCCOCCCNC(=NC)NCc1cccc(NC(=O)c2ccco2)c1. The number of guanidine groups is 1. The summed E-state index contributed by atoms with van der Waals surface area (Å²) in [7, 11) is 1.74. The molecule has 0 saturated carbocycles. The zero-order valence-electron chi connectivity index (χ0n) is 16.7. The minimum Gasteiger partial charge on any atom is -0.459 e. The molecule has 0 unspecified atom stereocenters. The molecule has 152 valence electrons. The number of aliphatic imine (C=N–C) groups is 1. The Morgan fingerprint density at radius 2 is 2.00 bits per heavy atom. The van der Waals surface area contributed by atoms with E-state index in [-0.39, 0.29) is 11.7 Å². The Morgan fingerprint density at radius 1 is 1.14 bits per heavy atom. The van der Waals surface area contributed by atoms with Crippen LogP contribution in [0.5, 0.6) is 0 Å². The highest BCUT2D eigenvalue weighted by Crippen LogP contribution is 2.12. The fourth-order valence-corrected chi connectivity index (χ4v) is 2.50. The van der Waals surface area contributed by atoms with E-state index in [1.165, 1.54) is 6.26 Å². The molecule has 2 aromatic rings. The summed E-state index contributed by atoms with van der Waals surface area (Å²) in [6.45, 7) is 5.13. The highest BCUT2D eigenvalue weighted by atomic mass is 16.5. The first-order valence-electron chi connectivity index (χ1n) is 9.69.